The minimum absolute atomic E-state index is 0.0176. The van der Waals surface area contributed by atoms with Gasteiger partial charge >= 0.3 is 5.97 Å². The monoisotopic (exact) mass is 335 g/mol. The molecule has 3 N–H and O–H groups in total. The van der Waals surface area contributed by atoms with Gasteiger partial charge in [-0.15, -0.1) is 0 Å². The van der Waals surface area contributed by atoms with E-state index in [0.717, 1.165) is 18.9 Å². The maximum atomic E-state index is 11.9. The molecular weight excluding hydrogens is 314 g/mol. The quantitative estimate of drug-likeness (QED) is 0.355. The lowest BCUT2D eigenvalue weighted by molar-refractivity contribution is -0.383. The van der Waals surface area contributed by atoms with Crippen molar-refractivity contribution in [2.45, 2.75) is 32.1 Å². The topological polar surface area (TPSA) is 125 Å². The Balaban J connectivity index is 1.80. The molecular formula is C16H21N3O5. The molecule has 1 fully saturated rings. The van der Waals surface area contributed by atoms with Gasteiger partial charge in [0.25, 0.3) is 11.6 Å². The first-order valence-corrected chi connectivity index (χ1v) is 7.95. The Hall–Kier alpha value is -2.64. The van der Waals surface area contributed by atoms with Crippen molar-refractivity contribution in [1.82, 2.24) is 5.32 Å². The number of esters is 1. The van der Waals surface area contributed by atoms with E-state index in [4.69, 9.17) is 10.5 Å². The van der Waals surface area contributed by atoms with Gasteiger partial charge in [-0.25, -0.2) is 4.79 Å². The van der Waals surface area contributed by atoms with Crippen LogP contribution in [0.5, 0.6) is 0 Å². The molecule has 1 aromatic rings. The van der Waals surface area contributed by atoms with E-state index < -0.39 is 17.5 Å². The third-order valence-electron chi connectivity index (χ3n) is 4.11. The normalized spacial score (nSPS) is 14.8. The number of nitro groups is 1. The Bertz CT molecular complexity index is 626. The number of hydrogen-bond donors (Lipinski definition) is 2. The lowest BCUT2D eigenvalue weighted by atomic mass is 9.89. The van der Waals surface area contributed by atoms with Crippen molar-refractivity contribution in [2.24, 2.45) is 5.92 Å². The number of carbonyl (C=O) groups is 2. The van der Waals surface area contributed by atoms with E-state index in [1.807, 2.05) is 0 Å². The van der Waals surface area contributed by atoms with Crippen molar-refractivity contribution in [3.63, 3.8) is 0 Å². The van der Waals surface area contributed by atoms with E-state index in [0.29, 0.717) is 12.5 Å². The van der Waals surface area contributed by atoms with Gasteiger partial charge in [-0.2, -0.15) is 0 Å². The van der Waals surface area contributed by atoms with Crippen LogP contribution in [-0.2, 0) is 9.53 Å². The highest BCUT2D eigenvalue weighted by Gasteiger charge is 2.18. The molecule has 0 spiro atoms. The molecule has 2 rings (SSSR count). The number of ether oxygens (including phenoxy) is 1. The first-order chi connectivity index (χ1) is 11.5. The van der Waals surface area contributed by atoms with E-state index in [1.54, 1.807) is 0 Å². The highest BCUT2D eigenvalue weighted by atomic mass is 16.6. The van der Waals surface area contributed by atoms with Crippen LogP contribution in [0.25, 0.3) is 0 Å². The van der Waals surface area contributed by atoms with Crippen LogP contribution in [0.1, 0.15) is 42.5 Å². The van der Waals surface area contributed by atoms with Crippen LogP contribution in [0, 0.1) is 16.0 Å². The predicted octanol–water partition coefficient (Wildman–Crippen LogP) is 2.03. The second kappa shape index (κ2) is 8.28. The van der Waals surface area contributed by atoms with Crippen molar-refractivity contribution in [2.75, 3.05) is 18.9 Å². The van der Waals surface area contributed by atoms with Crippen molar-refractivity contribution >= 4 is 23.3 Å². The fraction of sp³-hybridized carbons (Fsp3) is 0.500. The molecule has 0 radical (unpaired) electrons. The SMILES string of the molecule is Nc1ccc(C(=O)OCC(=O)NCC2CCCCC2)cc1[N+](=O)[O-]. The number of hydrogen-bond acceptors (Lipinski definition) is 6. The molecule has 24 heavy (non-hydrogen) atoms. The highest BCUT2D eigenvalue weighted by molar-refractivity contribution is 5.92. The molecule has 8 nitrogen and oxygen atoms in total. The van der Waals surface area contributed by atoms with Crippen LogP contribution in [0.2, 0.25) is 0 Å². The van der Waals surface area contributed by atoms with E-state index in [1.165, 1.54) is 31.4 Å². The van der Waals surface area contributed by atoms with Gasteiger partial charge in [-0.3, -0.25) is 14.9 Å². The number of benzene rings is 1. The number of rotatable bonds is 6. The summed E-state index contributed by atoms with van der Waals surface area (Å²) in [4.78, 5) is 33.7. The summed E-state index contributed by atoms with van der Waals surface area (Å²) in [7, 11) is 0. The van der Waals surface area contributed by atoms with Crippen LogP contribution >= 0.6 is 0 Å². The van der Waals surface area contributed by atoms with E-state index in [2.05, 4.69) is 5.32 Å². The van der Waals surface area contributed by atoms with Crippen molar-refractivity contribution in [3.05, 3.63) is 33.9 Å². The number of nitro benzene ring substituents is 1. The molecule has 1 saturated carbocycles. The smallest absolute Gasteiger partial charge is 0.338 e. The second-order valence-electron chi connectivity index (χ2n) is 5.91. The molecule has 0 aliphatic heterocycles. The average molecular weight is 335 g/mol. The molecule has 0 unspecified atom stereocenters. The molecule has 1 aromatic carbocycles. The fourth-order valence-electron chi connectivity index (χ4n) is 2.74. The predicted molar refractivity (Wildman–Crippen MR) is 87.4 cm³/mol. The van der Waals surface area contributed by atoms with Gasteiger partial charge in [0, 0.05) is 12.6 Å². The molecule has 0 heterocycles. The fourth-order valence-corrected chi connectivity index (χ4v) is 2.74. The van der Waals surface area contributed by atoms with Crippen molar-refractivity contribution in [1.29, 1.82) is 0 Å². The van der Waals surface area contributed by atoms with Gasteiger partial charge in [-0.05, 0) is 30.9 Å². The number of nitrogen functional groups attached to an aromatic ring is 1. The summed E-state index contributed by atoms with van der Waals surface area (Å²) in [5.41, 5.74) is 5.04. The largest absolute Gasteiger partial charge is 0.452 e. The zero-order valence-electron chi connectivity index (χ0n) is 13.3. The molecule has 130 valence electrons. The Morgan fingerprint density at radius 2 is 2.00 bits per heavy atom. The molecule has 1 aliphatic carbocycles. The summed E-state index contributed by atoms with van der Waals surface area (Å²) in [5, 5.41) is 13.6. The van der Waals surface area contributed by atoms with Gasteiger partial charge in [0.1, 0.15) is 5.69 Å². The van der Waals surface area contributed by atoms with E-state index in [9.17, 15) is 19.7 Å². The standard InChI is InChI=1S/C16H21N3O5/c17-13-7-6-12(8-14(13)19(22)23)16(21)24-10-15(20)18-9-11-4-2-1-3-5-11/h6-8,11H,1-5,9-10,17H2,(H,18,20). The van der Waals surface area contributed by atoms with E-state index >= 15 is 0 Å². The summed E-state index contributed by atoms with van der Waals surface area (Å²) in [6.07, 6.45) is 5.83. The number of anilines is 1. The first kappa shape index (κ1) is 17.7. The third-order valence-corrected chi connectivity index (χ3v) is 4.11. The third kappa shape index (κ3) is 4.94. The van der Waals surface area contributed by atoms with Gasteiger partial charge in [0.2, 0.25) is 0 Å². The summed E-state index contributed by atoms with van der Waals surface area (Å²) < 4.78 is 4.89. The van der Waals surface area contributed by atoms with Gasteiger partial charge in [-0.1, -0.05) is 19.3 Å². The summed E-state index contributed by atoms with van der Waals surface area (Å²) >= 11 is 0. The zero-order valence-corrected chi connectivity index (χ0v) is 13.3. The Morgan fingerprint density at radius 1 is 1.29 bits per heavy atom. The number of nitrogens with two attached hydrogens (primary N) is 1. The maximum absolute atomic E-state index is 11.9. The number of amides is 1. The maximum Gasteiger partial charge on any atom is 0.338 e. The van der Waals surface area contributed by atoms with Crippen LogP contribution in [0.3, 0.4) is 0 Å². The lowest BCUT2D eigenvalue weighted by Gasteiger charge is -2.21. The molecule has 0 aromatic heterocycles. The summed E-state index contributed by atoms with van der Waals surface area (Å²) in [5.74, 6) is -0.692. The summed E-state index contributed by atoms with van der Waals surface area (Å²) in [6, 6.07) is 3.63. The number of nitrogens with zero attached hydrogens (tertiary/aromatic N) is 1. The van der Waals surface area contributed by atoms with Crippen LogP contribution in [-0.4, -0.2) is 30.0 Å². The zero-order chi connectivity index (χ0) is 17.5. The minimum atomic E-state index is -0.800. The van der Waals surface area contributed by atoms with Gasteiger partial charge < -0.3 is 15.8 Å². The van der Waals surface area contributed by atoms with Crippen LogP contribution in [0.15, 0.2) is 18.2 Å². The Labute approximate surface area is 139 Å². The highest BCUT2D eigenvalue weighted by Crippen LogP contribution is 2.23. The first-order valence-electron chi connectivity index (χ1n) is 7.95. The second-order valence-corrected chi connectivity index (χ2v) is 5.91. The van der Waals surface area contributed by atoms with Crippen LogP contribution < -0.4 is 11.1 Å². The molecule has 0 bridgehead atoms. The average Bonchev–Trinajstić information content (AvgIpc) is 2.59. The van der Waals surface area contributed by atoms with Gasteiger partial charge in [0.15, 0.2) is 6.61 Å². The Kier molecular flexibility index (Phi) is 6.11. The molecule has 0 saturated heterocycles. The molecule has 1 aliphatic rings. The Morgan fingerprint density at radius 3 is 2.67 bits per heavy atom. The minimum Gasteiger partial charge on any atom is -0.452 e. The van der Waals surface area contributed by atoms with Crippen molar-refractivity contribution in [3.8, 4) is 0 Å². The van der Waals surface area contributed by atoms with E-state index in [-0.39, 0.29) is 22.8 Å². The lowest BCUT2D eigenvalue weighted by Crippen LogP contribution is -2.33. The van der Waals surface area contributed by atoms with Crippen molar-refractivity contribution < 1.29 is 19.2 Å². The summed E-state index contributed by atoms with van der Waals surface area (Å²) in [6.45, 7) is 0.174. The molecule has 1 amide bonds. The molecule has 0 atom stereocenters. The number of carbonyl (C=O) groups excluding carboxylic acids is 2. The van der Waals surface area contributed by atoms with Gasteiger partial charge in [0.05, 0.1) is 10.5 Å². The molecule has 8 heteroatoms. The number of nitrogens with one attached hydrogen (secondary N) is 1. The van der Waals surface area contributed by atoms with Crippen LogP contribution in [0.4, 0.5) is 11.4 Å².